The number of anilines is 1. The SMILES string of the molecule is CSC1CCCC1n1c(C(C)O)nc2cc(N)ccc21. The van der Waals surface area contributed by atoms with Crippen LogP contribution in [0.2, 0.25) is 0 Å². The standard InChI is InChI=1S/C15H21N3OS/c1-9(19)15-17-11-8-10(16)6-7-12(11)18(15)13-4-3-5-14(13)20-2/h6-9,13-14,19H,3-5,16H2,1-2H3. The molecule has 3 atom stereocenters. The molecule has 1 saturated carbocycles. The van der Waals surface area contributed by atoms with Gasteiger partial charge in [0.1, 0.15) is 11.9 Å². The van der Waals surface area contributed by atoms with Crippen molar-refractivity contribution in [2.24, 2.45) is 0 Å². The van der Waals surface area contributed by atoms with Crippen LogP contribution in [0.15, 0.2) is 18.2 Å². The van der Waals surface area contributed by atoms with Gasteiger partial charge in [-0.15, -0.1) is 0 Å². The lowest BCUT2D eigenvalue weighted by Crippen LogP contribution is -2.19. The highest BCUT2D eigenvalue weighted by Gasteiger charge is 2.31. The van der Waals surface area contributed by atoms with Gasteiger partial charge in [0.2, 0.25) is 0 Å². The molecule has 1 aromatic heterocycles. The molecular formula is C15H21N3OS. The van der Waals surface area contributed by atoms with Crippen molar-refractivity contribution >= 4 is 28.5 Å². The van der Waals surface area contributed by atoms with Gasteiger partial charge in [-0.1, -0.05) is 6.42 Å². The van der Waals surface area contributed by atoms with E-state index >= 15 is 0 Å². The van der Waals surface area contributed by atoms with Crippen LogP contribution < -0.4 is 5.73 Å². The summed E-state index contributed by atoms with van der Waals surface area (Å²) in [7, 11) is 0. The van der Waals surface area contributed by atoms with E-state index in [0.717, 1.165) is 23.3 Å². The third-order valence-corrected chi connectivity index (χ3v) is 5.32. The van der Waals surface area contributed by atoms with Gasteiger partial charge in [0.15, 0.2) is 0 Å². The molecule has 0 aliphatic heterocycles. The van der Waals surface area contributed by atoms with Gasteiger partial charge in [-0.25, -0.2) is 4.98 Å². The summed E-state index contributed by atoms with van der Waals surface area (Å²) in [4.78, 5) is 4.61. The van der Waals surface area contributed by atoms with Gasteiger partial charge in [0.05, 0.1) is 11.0 Å². The summed E-state index contributed by atoms with van der Waals surface area (Å²) in [5.74, 6) is 0.761. The van der Waals surface area contributed by atoms with Crippen molar-refractivity contribution in [3.8, 4) is 0 Å². The number of aliphatic hydroxyl groups excluding tert-OH is 1. The molecule has 108 valence electrons. The molecule has 1 fully saturated rings. The molecule has 5 heteroatoms. The van der Waals surface area contributed by atoms with Crippen molar-refractivity contribution in [3.05, 3.63) is 24.0 Å². The molecule has 2 aromatic rings. The number of benzene rings is 1. The van der Waals surface area contributed by atoms with Crippen molar-refractivity contribution in [2.75, 3.05) is 12.0 Å². The zero-order valence-corrected chi connectivity index (χ0v) is 12.7. The molecule has 3 rings (SSSR count). The highest BCUT2D eigenvalue weighted by atomic mass is 32.2. The van der Waals surface area contributed by atoms with Crippen LogP contribution in [0, 0.1) is 0 Å². The fourth-order valence-corrected chi connectivity index (χ4v) is 4.23. The van der Waals surface area contributed by atoms with Gasteiger partial charge < -0.3 is 15.4 Å². The highest BCUT2D eigenvalue weighted by Crippen LogP contribution is 2.40. The van der Waals surface area contributed by atoms with Crippen LogP contribution in [0.5, 0.6) is 0 Å². The number of nitrogens with zero attached hydrogens (tertiary/aromatic N) is 2. The first-order valence-electron chi connectivity index (χ1n) is 7.10. The number of hydrogen-bond acceptors (Lipinski definition) is 4. The van der Waals surface area contributed by atoms with Crippen LogP contribution in [-0.2, 0) is 0 Å². The van der Waals surface area contributed by atoms with Crippen LogP contribution >= 0.6 is 11.8 Å². The van der Waals surface area contributed by atoms with Crippen LogP contribution in [0.1, 0.15) is 44.2 Å². The molecule has 1 aliphatic rings. The summed E-state index contributed by atoms with van der Waals surface area (Å²) in [6, 6.07) is 6.25. The van der Waals surface area contributed by atoms with Gasteiger partial charge in [0.25, 0.3) is 0 Å². The molecule has 4 nitrogen and oxygen atoms in total. The minimum Gasteiger partial charge on any atom is -0.399 e. The van der Waals surface area contributed by atoms with E-state index in [1.165, 1.54) is 12.8 Å². The number of hydrogen-bond donors (Lipinski definition) is 2. The average Bonchev–Trinajstić information content (AvgIpc) is 3.00. The largest absolute Gasteiger partial charge is 0.399 e. The second-order valence-corrected chi connectivity index (χ2v) is 6.61. The van der Waals surface area contributed by atoms with Crippen LogP contribution in [-0.4, -0.2) is 26.2 Å². The number of nitrogen functional groups attached to an aromatic ring is 1. The zero-order valence-electron chi connectivity index (χ0n) is 11.9. The Balaban J connectivity index is 2.18. The fraction of sp³-hybridized carbons (Fsp3) is 0.533. The van der Waals surface area contributed by atoms with Gasteiger partial charge in [-0.05, 0) is 44.2 Å². The maximum Gasteiger partial charge on any atom is 0.138 e. The summed E-state index contributed by atoms with van der Waals surface area (Å²) >= 11 is 1.92. The quantitative estimate of drug-likeness (QED) is 0.853. The first kappa shape index (κ1) is 13.8. The Hall–Kier alpha value is -1.20. The van der Waals surface area contributed by atoms with E-state index < -0.39 is 6.10 Å². The number of imidazole rings is 1. The number of aliphatic hydroxyl groups is 1. The molecule has 1 aliphatic carbocycles. The Bertz CT molecular complexity index is 623. The predicted octanol–water partition coefficient (Wildman–Crippen LogP) is 3.13. The van der Waals surface area contributed by atoms with Gasteiger partial charge in [-0.3, -0.25) is 0 Å². The van der Waals surface area contributed by atoms with Crippen LogP contribution in [0.25, 0.3) is 11.0 Å². The summed E-state index contributed by atoms with van der Waals surface area (Å²) in [6.45, 7) is 1.78. The van der Waals surface area contributed by atoms with E-state index in [4.69, 9.17) is 5.73 Å². The molecule has 1 aromatic carbocycles. The lowest BCUT2D eigenvalue weighted by molar-refractivity contribution is 0.181. The van der Waals surface area contributed by atoms with E-state index in [1.54, 1.807) is 6.92 Å². The molecule has 0 spiro atoms. The Morgan fingerprint density at radius 2 is 2.25 bits per heavy atom. The molecule has 1 heterocycles. The fourth-order valence-electron chi connectivity index (χ4n) is 3.25. The molecule has 0 amide bonds. The number of thioether (sulfide) groups is 1. The second kappa shape index (κ2) is 5.30. The lowest BCUT2D eigenvalue weighted by Gasteiger charge is -2.23. The molecule has 3 unspecified atom stereocenters. The summed E-state index contributed by atoms with van der Waals surface area (Å²) in [5, 5.41) is 10.7. The van der Waals surface area contributed by atoms with Crippen LogP contribution in [0.4, 0.5) is 5.69 Å². The van der Waals surface area contributed by atoms with E-state index in [9.17, 15) is 5.11 Å². The van der Waals surface area contributed by atoms with E-state index in [0.29, 0.717) is 17.0 Å². The van der Waals surface area contributed by atoms with Gasteiger partial charge >= 0.3 is 0 Å². The van der Waals surface area contributed by atoms with E-state index in [-0.39, 0.29) is 0 Å². The summed E-state index contributed by atoms with van der Waals surface area (Å²) in [6.07, 6.45) is 5.24. The highest BCUT2D eigenvalue weighted by molar-refractivity contribution is 7.99. The molecule has 0 bridgehead atoms. The first-order valence-corrected chi connectivity index (χ1v) is 8.39. The van der Waals surface area contributed by atoms with Crippen molar-refractivity contribution in [3.63, 3.8) is 0 Å². The Kier molecular flexibility index (Phi) is 3.65. The molecule has 0 saturated heterocycles. The van der Waals surface area contributed by atoms with Gasteiger partial charge in [0, 0.05) is 17.0 Å². The maximum atomic E-state index is 10.1. The van der Waals surface area contributed by atoms with Gasteiger partial charge in [-0.2, -0.15) is 11.8 Å². The minimum atomic E-state index is -0.563. The Morgan fingerprint density at radius 3 is 2.95 bits per heavy atom. The smallest absolute Gasteiger partial charge is 0.138 e. The zero-order chi connectivity index (χ0) is 14.3. The number of rotatable bonds is 3. The van der Waals surface area contributed by atoms with Crippen molar-refractivity contribution in [1.29, 1.82) is 0 Å². The predicted molar refractivity (Wildman–Crippen MR) is 85.0 cm³/mol. The number of fused-ring (bicyclic) bond motifs is 1. The normalized spacial score (nSPS) is 24.4. The van der Waals surface area contributed by atoms with Crippen molar-refractivity contribution in [1.82, 2.24) is 9.55 Å². The third-order valence-electron chi connectivity index (χ3n) is 4.17. The van der Waals surface area contributed by atoms with E-state index in [1.807, 2.05) is 30.0 Å². The van der Waals surface area contributed by atoms with Crippen molar-refractivity contribution < 1.29 is 5.11 Å². The number of aromatic nitrogens is 2. The first-order chi connectivity index (χ1) is 9.61. The summed E-state index contributed by atoms with van der Waals surface area (Å²) in [5.41, 5.74) is 8.53. The average molecular weight is 291 g/mol. The maximum absolute atomic E-state index is 10.1. The van der Waals surface area contributed by atoms with Crippen molar-refractivity contribution in [2.45, 2.75) is 43.6 Å². The van der Waals surface area contributed by atoms with E-state index in [2.05, 4.69) is 15.8 Å². The molecule has 0 radical (unpaired) electrons. The second-order valence-electron chi connectivity index (χ2n) is 5.54. The number of nitrogens with two attached hydrogens (primary N) is 1. The van der Waals surface area contributed by atoms with Crippen LogP contribution in [0.3, 0.4) is 0 Å². The Morgan fingerprint density at radius 1 is 1.45 bits per heavy atom. The molecule has 20 heavy (non-hydrogen) atoms. The minimum absolute atomic E-state index is 0.420. The Labute approximate surface area is 123 Å². The summed E-state index contributed by atoms with van der Waals surface area (Å²) < 4.78 is 2.24. The lowest BCUT2D eigenvalue weighted by atomic mass is 10.2. The molecular weight excluding hydrogens is 270 g/mol. The molecule has 3 N–H and O–H groups in total. The topological polar surface area (TPSA) is 64.1 Å². The monoisotopic (exact) mass is 291 g/mol. The third kappa shape index (κ3) is 2.19.